The first kappa shape index (κ1) is 15.0. The number of aromatic nitrogens is 3. The van der Waals surface area contributed by atoms with Crippen LogP contribution in [0, 0.1) is 0 Å². The van der Waals surface area contributed by atoms with Crippen LogP contribution in [0.1, 0.15) is 62.9 Å². The molecule has 1 aromatic heterocycles. The highest BCUT2D eigenvalue weighted by atomic mass is 16.3. The molecule has 1 amide bonds. The van der Waals surface area contributed by atoms with Gasteiger partial charge in [0, 0.05) is 18.0 Å². The molecule has 2 rings (SSSR count). The molecule has 1 aliphatic carbocycles. The van der Waals surface area contributed by atoms with E-state index in [0.29, 0.717) is 12.4 Å². The van der Waals surface area contributed by atoms with Crippen molar-refractivity contribution in [1.29, 1.82) is 0 Å². The van der Waals surface area contributed by atoms with Gasteiger partial charge in [-0.2, -0.15) is 0 Å². The van der Waals surface area contributed by atoms with Gasteiger partial charge in [0.1, 0.15) is 5.82 Å². The Labute approximate surface area is 119 Å². The molecule has 1 heterocycles. The van der Waals surface area contributed by atoms with E-state index in [1.807, 2.05) is 20.8 Å². The number of H-pyrrole nitrogens is 1. The Morgan fingerprint density at radius 3 is 2.55 bits per heavy atom. The Bertz CT molecular complexity index is 458. The van der Waals surface area contributed by atoms with Crippen molar-refractivity contribution in [3.63, 3.8) is 0 Å². The van der Waals surface area contributed by atoms with Crippen LogP contribution in [-0.2, 0) is 5.41 Å². The summed E-state index contributed by atoms with van der Waals surface area (Å²) < 4.78 is 0. The van der Waals surface area contributed by atoms with Gasteiger partial charge in [0.15, 0.2) is 0 Å². The van der Waals surface area contributed by atoms with Gasteiger partial charge in [0.25, 0.3) is 5.91 Å². The van der Waals surface area contributed by atoms with E-state index in [9.17, 15) is 9.90 Å². The van der Waals surface area contributed by atoms with Gasteiger partial charge >= 0.3 is 0 Å². The number of aliphatic hydroxyl groups is 1. The molecule has 20 heavy (non-hydrogen) atoms. The minimum Gasteiger partial charge on any atom is -0.395 e. The van der Waals surface area contributed by atoms with Crippen LogP contribution in [0.2, 0.25) is 0 Å². The average molecular weight is 280 g/mol. The van der Waals surface area contributed by atoms with Crippen molar-refractivity contribution >= 4 is 5.91 Å². The van der Waals surface area contributed by atoms with E-state index < -0.39 is 0 Å². The Balaban J connectivity index is 2.16. The monoisotopic (exact) mass is 280 g/mol. The van der Waals surface area contributed by atoms with Crippen LogP contribution in [0.4, 0.5) is 0 Å². The van der Waals surface area contributed by atoms with Crippen LogP contribution in [-0.4, -0.2) is 50.3 Å². The standard InChI is InChI=1S/C14H24N4O2/c1-14(2,3)13-15-11(16-17-13)12(20)18(8-9-19)10-6-4-5-7-10/h10,19H,4-9H2,1-3H3,(H,15,16,17). The lowest BCUT2D eigenvalue weighted by Gasteiger charge is -2.27. The molecular weight excluding hydrogens is 256 g/mol. The van der Waals surface area contributed by atoms with Crippen LogP contribution in [0.3, 0.4) is 0 Å². The Hall–Kier alpha value is -1.43. The number of nitrogens with one attached hydrogen (secondary N) is 1. The fourth-order valence-corrected chi connectivity index (χ4v) is 2.59. The van der Waals surface area contributed by atoms with Crippen LogP contribution >= 0.6 is 0 Å². The minimum atomic E-state index is -0.183. The van der Waals surface area contributed by atoms with E-state index in [0.717, 1.165) is 25.7 Å². The maximum atomic E-state index is 12.5. The third kappa shape index (κ3) is 3.17. The molecule has 1 aromatic rings. The molecule has 1 saturated carbocycles. The SMILES string of the molecule is CC(C)(C)c1nc(C(=O)N(CCO)C2CCCC2)n[nH]1. The minimum absolute atomic E-state index is 0.0290. The van der Waals surface area contributed by atoms with Crippen molar-refractivity contribution in [3.05, 3.63) is 11.6 Å². The highest BCUT2D eigenvalue weighted by molar-refractivity contribution is 5.90. The van der Waals surface area contributed by atoms with E-state index in [1.54, 1.807) is 4.90 Å². The van der Waals surface area contributed by atoms with Gasteiger partial charge in [0.2, 0.25) is 5.82 Å². The smallest absolute Gasteiger partial charge is 0.293 e. The molecule has 2 N–H and O–H groups in total. The van der Waals surface area contributed by atoms with E-state index >= 15 is 0 Å². The molecule has 6 heteroatoms. The van der Waals surface area contributed by atoms with E-state index in [-0.39, 0.29) is 29.8 Å². The van der Waals surface area contributed by atoms with Crippen molar-refractivity contribution in [2.24, 2.45) is 0 Å². The topological polar surface area (TPSA) is 82.1 Å². The van der Waals surface area contributed by atoms with Crippen molar-refractivity contribution in [1.82, 2.24) is 20.1 Å². The zero-order chi connectivity index (χ0) is 14.8. The van der Waals surface area contributed by atoms with Gasteiger partial charge in [-0.1, -0.05) is 33.6 Å². The van der Waals surface area contributed by atoms with Gasteiger partial charge in [-0.25, -0.2) is 4.98 Å². The zero-order valence-corrected chi connectivity index (χ0v) is 12.5. The molecule has 1 fully saturated rings. The quantitative estimate of drug-likeness (QED) is 0.875. The summed E-state index contributed by atoms with van der Waals surface area (Å²) in [4.78, 5) is 18.6. The van der Waals surface area contributed by atoms with E-state index in [4.69, 9.17) is 0 Å². The largest absolute Gasteiger partial charge is 0.395 e. The highest BCUT2D eigenvalue weighted by Crippen LogP contribution is 2.24. The molecule has 0 spiro atoms. The molecule has 0 atom stereocenters. The molecule has 0 aliphatic heterocycles. The summed E-state index contributed by atoms with van der Waals surface area (Å²) in [6.07, 6.45) is 4.28. The average Bonchev–Trinajstić information content (AvgIpc) is 3.04. The lowest BCUT2D eigenvalue weighted by atomic mass is 9.96. The Kier molecular flexibility index (Phi) is 4.42. The van der Waals surface area contributed by atoms with Crippen molar-refractivity contribution in [3.8, 4) is 0 Å². The number of amides is 1. The summed E-state index contributed by atoms with van der Waals surface area (Å²) in [6.45, 7) is 6.38. The summed E-state index contributed by atoms with van der Waals surface area (Å²) >= 11 is 0. The lowest BCUT2D eigenvalue weighted by Crippen LogP contribution is -2.41. The molecule has 0 unspecified atom stereocenters. The number of aliphatic hydroxyl groups excluding tert-OH is 1. The van der Waals surface area contributed by atoms with Gasteiger partial charge < -0.3 is 10.0 Å². The number of hydrogen-bond donors (Lipinski definition) is 2. The second-order valence-corrected chi connectivity index (χ2v) is 6.42. The maximum absolute atomic E-state index is 12.5. The predicted molar refractivity (Wildman–Crippen MR) is 75.5 cm³/mol. The van der Waals surface area contributed by atoms with Gasteiger partial charge in [-0.3, -0.25) is 9.89 Å². The number of carbonyl (C=O) groups excluding carboxylic acids is 1. The highest BCUT2D eigenvalue weighted by Gasteiger charge is 2.30. The molecular formula is C14H24N4O2. The van der Waals surface area contributed by atoms with Crippen molar-refractivity contribution in [2.45, 2.75) is 57.9 Å². The fraction of sp³-hybridized carbons (Fsp3) is 0.786. The predicted octanol–water partition coefficient (Wildman–Crippen LogP) is 1.48. The second-order valence-electron chi connectivity index (χ2n) is 6.42. The first-order chi connectivity index (χ1) is 9.43. The third-order valence-corrected chi connectivity index (χ3v) is 3.75. The molecule has 0 radical (unpaired) electrons. The summed E-state index contributed by atoms with van der Waals surface area (Å²) in [6, 6.07) is 0.214. The molecule has 0 aromatic carbocycles. The maximum Gasteiger partial charge on any atom is 0.293 e. The number of carbonyl (C=O) groups is 1. The molecule has 112 valence electrons. The fourth-order valence-electron chi connectivity index (χ4n) is 2.59. The van der Waals surface area contributed by atoms with Gasteiger partial charge in [0.05, 0.1) is 6.61 Å². The van der Waals surface area contributed by atoms with Crippen LogP contribution < -0.4 is 0 Å². The molecule has 0 bridgehead atoms. The molecule has 6 nitrogen and oxygen atoms in total. The van der Waals surface area contributed by atoms with E-state index in [1.165, 1.54) is 0 Å². The summed E-state index contributed by atoms with van der Waals surface area (Å²) in [7, 11) is 0. The Morgan fingerprint density at radius 1 is 1.40 bits per heavy atom. The number of nitrogens with zero attached hydrogens (tertiary/aromatic N) is 3. The normalized spacial score (nSPS) is 16.6. The molecule has 0 saturated heterocycles. The van der Waals surface area contributed by atoms with Crippen LogP contribution in [0.5, 0.6) is 0 Å². The van der Waals surface area contributed by atoms with Crippen LogP contribution in [0.15, 0.2) is 0 Å². The van der Waals surface area contributed by atoms with Crippen molar-refractivity contribution in [2.75, 3.05) is 13.2 Å². The van der Waals surface area contributed by atoms with Crippen LogP contribution in [0.25, 0.3) is 0 Å². The van der Waals surface area contributed by atoms with Crippen molar-refractivity contribution < 1.29 is 9.90 Å². The number of rotatable bonds is 4. The second kappa shape index (κ2) is 5.91. The first-order valence-corrected chi connectivity index (χ1v) is 7.28. The lowest BCUT2D eigenvalue weighted by molar-refractivity contribution is 0.0626. The summed E-state index contributed by atoms with van der Waals surface area (Å²) in [5, 5.41) is 16.1. The van der Waals surface area contributed by atoms with E-state index in [2.05, 4.69) is 15.2 Å². The van der Waals surface area contributed by atoms with Gasteiger partial charge in [-0.15, -0.1) is 5.10 Å². The summed E-state index contributed by atoms with van der Waals surface area (Å²) in [5.74, 6) is 0.726. The molecule has 1 aliphatic rings. The first-order valence-electron chi connectivity index (χ1n) is 7.28. The number of aromatic amines is 1. The third-order valence-electron chi connectivity index (χ3n) is 3.75. The Morgan fingerprint density at radius 2 is 2.05 bits per heavy atom. The van der Waals surface area contributed by atoms with Gasteiger partial charge in [-0.05, 0) is 12.8 Å². The zero-order valence-electron chi connectivity index (χ0n) is 12.5. The number of hydrogen-bond acceptors (Lipinski definition) is 4. The summed E-state index contributed by atoms with van der Waals surface area (Å²) in [5.41, 5.74) is -0.166.